The van der Waals surface area contributed by atoms with Gasteiger partial charge in [0.15, 0.2) is 6.61 Å². The Bertz CT molecular complexity index is 586. The fourth-order valence-corrected chi connectivity index (χ4v) is 2.85. The van der Waals surface area contributed by atoms with Gasteiger partial charge in [0.25, 0.3) is 0 Å². The van der Waals surface area contributed by atoms with Crippen molar-refractivity contribution in [3.8, 4) is 5.75 Å². The second-order valence-electron chi connectivity index (χ2n) is 5.74. The van der Waals surface area contributed by atoms with Crippen LogP contribution in [-0.4, -0.2) is 29.8 Å². The van der Waals surface area contributed by atoms with E-state index in [4.69, 9.17) is 9.84 Å². The highest BCUT2D eigenvalue weighted by Crippen LogP contribution is 2.41. The molecular weight excluding hydrogens is 327 g/mol. The van der Waals surface area contributed by atoms with Crippen LogP contribution in [-0.2, 0) is 9.59 Å². The molecule has 0 heterocycles. The molecule has 24 heavy (non-hydrogen) atoms. The summed E-state index contributed by atoms with van der Waals surface area (Å²) in [4.78, 5) is 22.6. The average Bonchev–Trinajstić information content (AvgIpc) is 2.53. The minimum absolute atomic E-state index is 0.0243. The number of hydrogen-bond acceptors (Lipinski definition) is 3. The minimum Gasteiger partial charge on any atom is -0.482 e. The first-order valence-corrected chi connectivity index (χ1v) is 7.59. The molecule has 0 aromatic heterocycles. The lowest BCUT2D eigenvalue weighted by Gasteiger charge is -2.32. The molecule has 0 bridgehead atoms. The van der Waals surface area contributed by atoms with E-state index in [9.17, 15) is 22.8 Å². The molecule has 0 spiro atoms. The number of anilines is 1. The van der Waals surface area contributed by atoms with Gasteiger partial charge in [-0.15, -0.1) is 0 Å². The molecule has 2 N–H and O–H groups in total. The molecule has 1 saturated carbocycles. The summed E-state index contributed by atoms with van der Waals surface area (Å²) in [7, 11) is 0. The average molecular weight is 345 g/mol. The summed E-state index contributed by atoms with van der Waals surface area (Å²) in [6.45, 7) is -0.499. The quantitative estimate of drug-likeness (QED) is 0.857. The van der Waals surface area contributed by atoms with E-state index < -0.39 is 36.5 Å². The second kappa shape index (κ2) is 7.55. The van der Waals surface area contributed by atoms with Crippen molar-refractivity contribution in [3.63, 3.8) is 0 Å². The number of carbonyl (C=O) groups is 2. The fraction of sp³-hybridized carbons (Fsp3) is 0.500. The van der Waals surface area contributed by atoms with Gasteiger partial charge in [0, 0.05) is 11.6 Å². The van der Waals surface area contributed by atoms with Crippen LogP contribution in [0.2, 0.25) is 0 Å². The Morgan fingerprint density at radius 2 is 1.79 bits per heavy atom. The smallest absolute Gasteiger partial charge is 0.392 e. The SMILES string of the molecule is O=C(O)COc1ccc(NC(=O)C2CCCCC2C(F)(F)F)cc1. The van der Waals surface area contributed by atoms with E-state index >= 15 is 0 Å². The molecule has 8 heteroatoms. The van der Waals surface area contributed by atoms with Crippen molar-refractivity contribution in [2.75, 3.05) is 11.9 Å². The number of nitrogens with one attached hydrogen (secondary N) is 1. The maximum absolute atomic E-state index is 13.0. The highest BCUT2D eigenvalue weighted by molar-refractivity contribution is 5.92. The van der Waals surface area contributed by atoms with Crippen LogP contribution in [0.15, 0.2) is 24.3 Å². The zero-order valence-electron chi connectivity index (χ0n) is 12.8. The summed E-state index contributed by atoms with van der Waals surface area (Å²) in [6.07, 6.45) is -3.10. The number of amides is 1. The number of carboxylic acid groups (broad SMARTS) is 1. The van der Waals surface area contributed by atoms with E-state index in [-0.39, 0.29) is 12.8 Å². The van der Waals surface area contributed by atoms with Crippen molar-refractivity contribution >= 4 is 17.6 Å². The van der Waals surface area contributed by atoms with Crippen LogP contribution in [0.3, 0.4) is 0 Å². The molecule has 0 radical (unpaired) electrons. The number of carboxylic acids is 1. The van der Waals surface area contributed by atoms with Crippen LogP contribution in [0.1, 0.15) is 25.7 Å². The second-order valence-corrected chi connectivity index (χ2v) is 5.74. The molecule has 5 nitrogen and oxygen atoms in total. The normalized spacial score (nSPS) is 21.1. The number of hydrogen-bond donors (Lipinski definition) is 2. The van der Waals surface area contributed by atoms with E-state index in [1.807, 2.05) is 0 Å². The molecule has 0 saturated heterocycles. The van der Waals surface area contributed by atoms with Crippen LogP contribution in [0.5, 0.6) is 5.75 Å². The zero-order valence-corrected chi connectivity index (χ0v) is 12.8. The van der Waals surface area contributed by atoms with Crippen molar-refractivity contribution in [1.82, 2.24) is 0 Å². The zero-order chi connectivity index (χ0) is 17.7. The third kappa shape index (κ3) is 4.87. The topological polar surface area (TPSA) is 75.6 Å². The van der Waals surface area contributed by atoms with Gasteiger partial charge in [0.1, 0.15) is 5.75 Å². The number of carbonyl (C=O) groups excluding carboxylic acids is 1. The van der Waals surface area contributed by atoms with Gasteiger partial charge in [-0.2, -0.15) is 13.2 Å². The first-order valence-electron chi connectivity index (χ1n) is 7.59. The molecule has 1 aromatic carbocycles. The molecule has 132 valence electrons. The Labute approximate surface area is 136 Å². The Hall–Kier alpha value is -2.25. The van der Waals surface area contributed by atoms with Crippen LogP contribution in [0.4, 0.5) is 18.9 Å². The molecule has 0 aliphatic heterocycles. The van der Waals surface area contributed by atoms with Crippen LogP contribution < -0.4 is 10.1 Å². The van der Waals surface area contributed by atoms with E-state index in [0.717, 1.165) is 0 Å². The van der Waals surface area contributed by atoms with Crippen LogP contribution >= 0.6 is 0 Å². The van der Waals surface area contributed by atoms with Crippen molar-refractivity contribution in [1.29, 1.82) is 0 Å². The van der Waals surface area contributed by atoms with Gasteiger partial charge >= 0.3 is 12.1 Å². The van der Waals surface area contributed by atoms with Crippen molar-refractivity contribution in [3.05, 3.63) is 24.3 Å². The highest BCUT2D eigenvalue weighted by Gasteiger charge is 2.48. The number of alkyl halides is 3. The van der Waals surface area contributed by atoms with E-state index in [1.54, 1.807) is 0 Å². The highest BCUT2D eigenvalue weighted by atomic mass is 19.4. The minimum atomic E-state index is -4.38. The Morgan fingerprint density at radius 3 is 2.38 bits per heavy atom. The third-order valence-corrected chi connectivity index (χ3v) is 4.01. The molecule has 2 rings (SSSR count). The molecule has 1 aliphatic rings. The van der Waals surface area contributed by atoms with Gasteiger partial charge in [-0.05, 0) is 37.1 Å². The lowest BCUT2D eigenvalue weighted by molar-refractivity contribution is -0.197. The largest absolute Gasteiger partial charge is 0.482 e. The predicted octanol–water partition coefficient (Wildman–Crippen LogP) is 3.46. The molecule has 1 amide bonds. The maximum atomic E-state index is 13.0. The van der Waals surface area contributed by atoms with Crippen molar-refractivity contribution in [2.45, 2.75) is 31.9 Å². The fourth-order valence-electron chi connectivity index (χ4n) is 2.85. The first-order chi connectivity index (χ1) is 11.3. The van der Waals surface area contributed by atoms with Crippen molar-refractivity contribution in [2.24, 2.45) is 11.8 Å². The molecule has 2 unspecified atom stereocenters. The van der Waals surface area contributed by atoms with Gasteiger partial charge < -0.3 is 15.2 Å². The van der Waals surface area contributed by atoms with Crippen LogP contribution in [0, 0.1) is 11.8 Å². The first kappa shape index (κ1) is 18.1. The molecule has 1 aromatic rings. The van der Waals surface area contributed by atoms with Crippen LogP contribution in [0.25, 0.3) is 0 Å². The van der Waals surface area contributed by atoms with E-state index in [1.165, 1.54) is 24.3 Å². The molecule has 2 atom stereocenters. The monoisotopic (exact) mass is 345 g/mol. The standard InChI is InChI=1S/C16H18F3NO4/c17-16(18,19)13-4-2-1-3-12(13)15(23)20-10-5-7-11(8-6-10)24-9-14(21)22/h5-8,12-13H,1-4,9H2,(H,20,23)(H,21,22). The molecular formula is C16H18F3NO4. The molecule has 1 fully saturated rings. The Kier molecular flexibility index (Phi) is 5.69. The van der Waals surface area contributed by atoms with Gasteiger partial charge in [-0.3, -0.25) is 4.79 Å². The summed E-state index contributed by atoms with van der Waals surface area (Å²) in [5.74, 6) is -4.16. The number of halogens is 3. The Morgan fingerprint density at radius 1 is 1.17 bits per heavy atom. The number of rotatable bonds is 5. The number of ether oxygens (including phenoxy) is 1. The summed E-state index contributed by atoms with van der Waals surface area (Å²) in [5.41, 5.74) is 0.342. The van der Waals surface area contributed by atoms with Gasteiger partial charge in [-0.1, -0.05) is 12.8 Å². The number of aliphatic carboxylic acids is 1. The van der Waals surface area contributed by atoms with Gasteiger partial charge in [-0.25, -0.2) is 4.79 Å². The maximum Gasteiger partial charge on any atom is 0.392 e. The third-order valence-electron chi connectivity index (χ3n) is 4.01. The van der Waals surface area contributed by atoms with Gasteiger partial charge in [0.2, 0.25) is 5.91 Å². The predicted molar refractivity (Wildman–Crippen MR) is 79.7 cm³/mol. The molecule has 1 aliphatic carbocycles. The summed E-state index contributed by atoms with van der Waals surface area (Å²) < 4.78 is 44.1. The lowest BCUT2D eigenvalue weighted by Crippen LogP contribution is -2.39. The lowest BCUT2D eigenvalue weighted by atomic mass is 9.78. The van der Waals surface area contributed by atoms with E-state index in [2.05, 4.69) is 5.32 Å². The summed E-state index contributed by atoms with van der Waals surface area (Å²) in [5, 5.41) is 11.0. The van der Waals surface area contributed by atoms with Crippen molar-refractivity contribution < 1.29 is 32.6 Å². The summed E-state index contributed by atoms with van der Waals surface area (Å²) >= 11 is 0. The van der Waals surface area contributed by atoms with E-state index in [0.29, 0.717) is 24.3 Å². The summed E-state index contributed by atoms with van der Waals surface area (Å²) in [6, 6.07) is 5.81. The van der Waals surface area contributed by atoms with Gasteiger partial charge in [0.05, 0.1) is 5.92 Å². The number of benzene rings is 1. The Balaban J connectivity index is 1.99.